The van der Waals surface area contributed by atoms with Crippen LogP contribution < -0.4 is 10.1 Å². The zero-order valence-electron chi connectivity index (χ0n) is 13.3. The van der Waals surface area contributed by atoms with Gasteiger partial charge in [0.15, 0.2) is 0 Å². The molecule has 4 heteroatoms. The van der Waals surface area contributed by atoms with Gasteiger partial charge in [-0.05, 0) is 39.8 Å². The van der Waals surface area contributed by atoms with Crippen molar-refractivity contribution in [2.75, 3.05) is 6.54 Å². The standard InChI is InChI=1S/C17H24N2OS/c1-5-10-18-13(3)15-8-6-7-9-16(15)20-11-17-19-12(2)14(4)21-17/h6-9,13,18H,5,10-11H2,1-4H3. The second kappa shape index (κ2) is 7.57. The number of hydrogen-bond acceptors (Lipinski definition) is 4. The number of benzene rings is 1. The highest BCUT2D eigenvalue weighted by Gasteiger charge is 2.11. The number of nitrogens with one attached hydrogen (secondary N) is 1. The van der Waals surface area contributed by atoms with E-state index in [0.717, 1.165) is 29.4 Å². The van der Waals surface area contributed by atoms with Gasteiger partial charge in [0.1, 0.15) is 17.4 Å². The first kappa shape index (κ1) is 16.0. The summed E-state index contributed by atoms with van der Waals surface area (Å²) in [6.45, 7) is 10.0. The highest BCUT2D eigenvalue weighted by Crippen LogP contribution is 2.26. The fraction of sp³-hybridized carbons (Fsp3) is 0.471. The Morgan fingerprint density at radius 3 is 2.71 bits per heavy atom. The molecule has 0 amide bonds. The molecule has 0 fully saturated rings. The second-order valence-electron chi connectivity index (χ2n) is 5.25. The Morgan fingerprint density at radius 1 is 1.29 bits per heavy atom. The molecular weight excluding hydrogens is 280 g/mol. The van der Waals surface area contributed by atoms with E-state index in [0.29, 0.717) is 12.6 Å². The molecule has 2 aromatic rings. The van der Waals surface area contributed by atoms with Crippen LogP contribution in [0.25, 0.3) is 0 Å². The molecule has 1 heterocycles. The fourth-order valence-electron chi connectivity index (χ4n) is 2.18. The number of thiazole rings is 1. The SMILES string of the molecule is CCCNC(C)c1ccccc1OCc1nc(C)c(C)s1. The van der Waals surface area contributed by atoms with E-state index in [2.05, 4.69) is 43.2 Å². The van der Waals surface area contributed by atoms with E-state index in [1.54, 1.807) is 11.3 Å². The molecule has 0 aliphatic carbocycles. The minimum atomic E-state index is 0.293. The number of para-hydroxylation sites is 1. The lowest BCUT2D eigenvalue weighted by Gasteiger charge is -2.17. The van der Waals surface area contributed by atoms with Crippen molar-refractivity contribution in [2.24, 2.45) is 0 Å². The summed E-state index contributed by atoms with van der Waals surface area (Å²) in [5.74, 6) is 0.944. The van der Waals surface area contributed by atoms with Gasteiger partial charge in [0.2, 0.25) is 0 Å². The Hall–Kier alpha value is -1.39. The minimum Gasteiger partial charge on any atom is -0.486 e. The van der Waals surface area contributed by atoms with Gasteiger partial charge in [-0.25, -0.2) is 4.98 Å². The maximum atomic E-state index is 6.00. The van der Waals surface area contributed by atoms with Crippen molar-refractivity contribution in [3.8, 4) is 5.75 Å². The summed E-state index contributed by atoms with van der Waals surface area (Å²) < 4.78 is 6.00. The quantitative estimate of drug-likeness (QED) is 0.823. The van der Waals surface area contributed by atoms with E-state index in [-0.39, 0.29) is 0 Å². The van der Waals surface area contributed by atoms with Gasteiger partial charge in [-0.2, -0.15) is 0 Å². The number of aromatic nitrogens is 1. The zero-order valence-corrected chi connectivity index (χ0v) is 14.1. The van der Waals surface area contributed by atoms with Crippen molar-refractivity contribution in [1.82, 2.24) is 10.3 Å². The summed E-state index contributed by atoms with van der Waals surface area (Å²) >= 11 is 1.71. The van der Waals surface area contributed by atoms with Crippen molar-refractivity contribution in [2.45, 2.75) is 46.8 Å². The third-order valence-electron chi connectivity index (χ3n) is 3.51. The molecule has 0 saturated heterocycles. The lowest BCUT2D eigenvalue weighted by molar-refractivity contribution is 0.299. The maximum Gasteiger partial charge on any atom is 0.140 e. The Bertz CT molecular complexity index is 560. The van der Waals surface area contributed by atoms with Crippen LogP contribution in [0, 0.1) is 13.8 Å². The highest BCUT2D eigenvalue weighted by atomic mass is 32.1. The van der Waals surface area contributed by atoms with Crippen LogP contribution in [0.1, 0.15) is 47.5 Å². The van der Waals surface area contributed by atoms with E-state index in [4.69, 9.17) is 4.74 Å². The minimum absolute atomic E-state index is 0.293. The summed E-state index contributed by atoms with van der Waals surface area (Å²) in [4.78, 5) is 5.79. The summed E-state index contributed by atoms with van der Waals surface area (Å²) in [6, 6.07) is 8.53. The molecule has 0 saturated carbocycles. The molecule has 1 unspecified atom stereocenters. The van der Waals surface area contributed by atoms with Crippen LogP contribution in [-0.4, -0.2) is 11.5 Å². The van der Waals surface area contributed by atoms with E-state index < -0.39 is 0 Å². The van der Waals surface area contributed by atoms with Crippen LogP contribution in [0.2, 0.25) is 0 Å². The molecule has 1 N–H and O–H groups in total. The Morgan fingerprint density at radius 2 is 2.05 bits per heavy atom. The monoisotopic (exact) mass is 304 g/mol. The molecule has 3 nitrogen and oxygen atoms in total. The Kier molecular flexibility index (Phi) is 5.76. The third kappa shape index (κ3) is 4.29. The van der Waals surface area contributed by atoms with Crippen molar-refractivity contribution >= 4 is 11.3 Å². The largest absolute Gasteiger partial charge is 0.486 e. The zero-order chi connectivity index (χ0) is 15.2. The van der Waals surface area contributed by atoms with E-state index in [1.807, 2.05) is 19.1 Å². The molecule has 0 aliphatic rings. The van der Waals surface area contributed by atoms with E-state index >= 15 is 0 Å². The molecule has 1 aromatic heterocycles. The molecule has 1 atom stereocenters. The van der Waals surface area contributed by atoms with Crippen molar-refractivity contribution in [3.63, 3.8) is 0 Å². The normalized spacial score (nSPS) is 12.4. The fourth-order valence-corrected chi connectivity index (χ4v) is 3.03. The second-order valence-corrected chi connectivity index (χ2v) is 6.54. The Labute approximate surface area is 131 Å². The summed E-state index contributed by atoms with van der Waals surface area (Å²) in [7, 11) is 0. The number of ether oxygens (including phenoxy) is 1. The molecule has 0 radical (unpaired) electrons. The molecule has 2 rings (SSSR count). The van der Waals surface area contributed by atoms with Gasteiger partial charge >= 0.3 is 0 Å². The molecule has 0 spiro atoms. The molecule has 114 valence electrons. The first-order chi connectivity index (χ1) is 10.1. The topological polar surface area (TPSA) is 34.1 Å². The first-order valence-corrected chi connectivity index (χ1v) is 8.31. The van der Waals surface area contributed by atoms with E-state index in [1.165, 1.54) is 10.4 Å². The van der Waals surface area contributed by atoms with Crippen LogP contribution in [-0.2, 0) is 6.61 Å². The van der Waals surface area contributed by atoms with Gasteiger partial charge in [0.05, 0.1) is 5.69 Å². The Balaban J connectivity index is 2.05. The lowest BCUT2D eigenvalue weighted by atomic mass is 10.1. The van der Waals surface area contributed by atoms with Gasteiger partial charge in [-0.15, -0.1) is 11.3 Å². The maximum absolute atomic E-state index is 6.00. The van der Waals surface area contributed by atoms with Gasteiger partial charge in [0, 0.05) is 16.5 Å². The summed E-state index contributed by atoms with van der Waals surface area (Å²) in [6.07, 6.45) is 1.13. The van der Waals surface area contributed by atoms with Crippen molar-refractivity contribution in [3.05, 3.63) is 45.4 Å². The van der Waals surface area contributed by atoms with Crippen molar-refractivity contribution < 1.29 is 4.74 Å². The van der Waals surface area contributed by atoms with Gasteiger partial charge in [0.25, 0.3) is 0 Å². The van der Waals surface area contributed by atoms with Crippen LogP contribution in [0.15, 0.2) is 24.3 Å². The highest BCUT2D eigenvalue weighted by molar-refractivity contribution is 7.11. The first-order valence-electron chi connectivity index (χ1n) is 7.49. The number of hydrogen-bond donors (Lipinski definition) is 1. The van der Waals surface area contributed by atoms with Crippen LogP contribution in [0.4, 0.5) is 0 Å². The van der Waals surface area contributed by atoms with Gasteiger partial charge < -0.3 is 10.1 Å². The number of rotatable bonds is 7. The summed E-state index contributed by atoms with van der Waals surface area (Å²) in [5.41, 5.74) is 2.31. The number of aryl methyl sites for hydroxylation is 2. The smallest absolute Gasteiger partial charge is 0.140 e. The average Bonchev–Trinajstić information content (AvgIpc) is 2.81. The average molecular weight is 304 g/mol. The number of nitrogens with zero attached hydrogens (tertiary/aromatic N) is 1. The molecule has 21 heavy (non-hydrogen) atoms. The lowest BCUT2D eigenvalue weighted by Crippen LogP contribution is -2.19. The molecular formula is C17H24N2OS. The predicted octanol–water partition coefficient (Wildman–Crippen LogP) is 4.40. The van der Waals surface area contributed by atoms with Crippen LogP contribution in [0.5, 0.6) is 5.75 Å². The van der Waals surface area contributed by atoms with E-state index in [9.17, 15) is 0 Å². The van der Waals surface area contributed by atoms with Gasteiger partial charge in [-0.1, -0.05) is 25.1 Å². The van der Waals surface area contributed by atoms with Crippen LogP contribution >= 0.6 is 11.3 Å². The molecule has 0 bridgehead atoms. The third-order valence-corrected chi connectivity index (χ3v) is 4.56. The molecule has 0 aliphatic heterocycles. The predicted molar refractivity (Wildman–Crippen MR) is 89.1 cm³/mol. The van der Waals surface area contributed by atoms with Crippen LogP contribution in [0.3, 0.4) is 0 Å². The van der Waals surface area contributed by atoms with Crippen molar-refractivity contribution in [1.29, 1.82) is 0 Å². The summed E-state index contributed by atoms with van der Waals surface area (Å²) in [5, 5.41) is 4.54. The van der Waals surface area contributed by atoms with Gasteiger partial charge in [-0.3, -0.25) is 0 Å². The molecule has 1 aromatic carbocycles.